The Bertz CT molecular complexity index is 481. The van der Waals surface area contributed by atoms with Crippen molar-refractivity contribution in [2.75, 3.05) is 56.2 Å². The standard InChI is InChI=1S/C15H23N3O/c1-11-10-13-15(17(3)8-9-19-13)12(2)14(11)18-6-4-16-5-7-18/h10,16H,4-9H2,1-3H3. The normalized spacial score (nSPS) is 19.1. The summed E-state index contributed by atoms with van der Waals surface area (Å²) in [5, 5.41) is 3.42. The molecule has 0 saturated carbocycles. The summed E-state index contributed by atoms with van der Waals surface area (Å²) < 4.78 is 5.83. The van der Waals surface area contributed by atoms with Crippen LogP contribution < -0.4 is 19.9 Å². The van der Waals surface area contributed by atoms with Crippen molar-refractivity contribution in [1.82, 2.24) is 5.32 Å². The van der Waals surface area contributed by atoms with Gasteiger partial charge >= 0.3 is 0 Å². The molecule has 0 amide bonds. The average molecular weight is 261 g/mol. The van der Waals surface area contributed by atoms with Crippen LogP contribution in [0.1, 0.15) is 11.1 Å². The van der Waals surface area contributed by atoms with Crippen molar-refractivity contribution >= 4 is 11.4 Å². The third-order valence-corrected chi connectivity index (χ3v) is 4.16. The van der Waals surface area contributed by atoms with E-state index < -0.39 is 0 Å². The number of benzene rings is 1. The first kappa shape index (κ1) is 12.6. The first-order chi connectivity index (χ1) is 9.18. The molecule has 104 valence electrons. The van der Waals surface area contributed by atoms with Crippen LogP contribution >= 0.6 is 0 Å². The van der Waals surface area contributed by atoms with Crippen LogP contribution in [0.2, 0.25) is 0 Å². The summed E-state index contributed by atoms with van der Waals surface area (Å²) in [6.45, 7) is 10.5. The molecule has 0 atom stereocenters. The van der Waals surface area contributed by atoms with Gasteiger partial charge in [0.2, 0.25) is 0 Å². The van der Waals surface area contributed by atoms with Crippen molar-refractivity contribution < 1.29 is 4.74 Å². The zero-order valence-corrected chi connectivity index (χ0v) is 12.1. The SMILES string of the molecule is Cc1cc2c(c(C)c1N1CCNCC1)N(C)CCO2. The molecule has 1 aromatic rings. The molecule has 0 bridgehead atoms. The Morgan fingerprint density at radius 3 is 2.58 bits per heavy atom. The van der Waals surface area contributed by atoms with Crippen molar-refractivity contribution in [2.24, 2.45) is 0 Å². The maximum absolute atomic E-state index is 5.83. The molecule has 0 aromatic heterocycles. The molecule has 3 rings (SSSR count). The molecule has 4 heteroatoms. The lowest BCUT2D eigenvalue weighted by atomic mass is 10.0. The fourth-order valence-electron chi connectivity index (χ4n) is 3.29. The van der Waals surface area contributed by atoms with E-state index in [0.29, 0.717) is 0 Å². The summed E-state index contributed by atoms with van der Waals surface area (Å²) in [5.41, 5.74) is 5.36. The number of nitrogens with one attached hydrogen (secondary N) is 1. The smallest absolute Gasteiger partial charge is 0.143 e. The van der Waals surface area contributed by atoms with Crippen LogP contribution in [0.3, 0.4) is 0 Å². The second-order valence-corrected chi connectivity index (χ2v) is 5.52. The highest BCUT2D eigenvalue weighted by Crippen LogP contribution is 2.41. The van der Waals surface area contributed by atoms with Gasteiger partial charge in [-0.05, 0) is 31.0 Å². The van der Waals surface area contributed by atoms with Gasteiger partial charge in [0.05, 0.1) is 12.2 Å². The topological polar surface area (TPSA) is 27.7 Å². The van der Waals surface area contributed by atoms with Crippen LogP contribution in [0, 0.1) is 13.8 Å². The molecule has 2 heterocycles. The molecule has 0 unspecified atom stereocenters. The third-order valence-electron chi connectivity index (χ3n) is 4.16. The van der Waals surface area contributed by atoms with Gasteiger partial charge < -0.3 is 19.9 Å². The number of nitrogens with zero attached hydrogens (tertiary/aromatic N) is 2. The molecular weight excluding hydrogens is 238 g/mol. The average Bonchev–Trinajstić information content (AvgIpc) is 2.39. The van der Waals surface area contributed by atoms with E-state index in [1.54, 1.807) is 0 Å². The second-order valence-electron chi connectivity index (χ2n) is 5.52. The lowest BCUT2D eigenvalue weighted by Gasteiger charge is -2.36. The number of hydrogen-bond donors (Lipinski definition) is 1. The first-order valence-electron chi connectivity index (χ1n) is 7.12. The number of piperazine rings is 1. The van der Waals surface area contributed by atoms with Crippen LogP contribution in [-0.4, -0.2) is 46.4 Å². The molecule has 1 aromatic carbocycles. The van der Waals surface area contributed by atoms with Gasteiger partial charge in [-0.15, -0.1) is 0 Å². The molecular formula is C15H23N3O. The highest BCUT2D eigenvalue weighted by Gasteiger charge is 2.24. The Morgan fingerprint density at radius 2 is 1.84 bits per heavy atom. The summed E-state index contributed by atoms with van der Waals surface area (Å²) in [5.74, 6) is 1.04. The van der Waals surface area contributed by atoms with Gasteiger partial charge in [-0.1, -0.05) is 0 Å². The highest BCUT2D eigenvalue weighted by molar-refractivity contribution is 5.77. The molecule has 4 nitrogen and oxygen atoms in total. The van der Waals surface area contributed by atoms with Crippen LogP contribution in [0.15, 0.2) is 6.07 Å². The van der Waals surface area contributed by atoms with E-state index in [4.69, 9.17) is 4.74 Å². The van der Waals surface area contributed by atoms with E-state index in [2.05, 4.69) is 42.1 Å². The number of hydrogen-bond acceptors (Lipinski definition) is 4. The van der Waals surface area contributed by atoms with Crippen LogP contribution in [0.5, 0.6) is 5.75 Å². The minimum Gasteiger partial charge on any atom is -0.490 e. The van der Waals surface area contributed by atoms with E-state index in [0.717, 1.165) is 45.1 Å². The van der Waals surface area contributed by atoms with Crippen molar-refractivity contribution in [1.29, 1.82) is 0 Å². The summed E-state index contributed by atoms with van der Waals surface area (Å²) in [6.07, 6.45) is 0. The maximum atomic E-state index is 5.83. The van der Waals surface area contributed by atoms with Gasteiger partial charge in [0.15, 0.2) is 0 Å². The summed E-state index contributed by atoms with van der Waals surface area (Å²) in [7, 11) is 2.16. The Balaban J connectivity index is 2.06. The second kappa shape index (κ2) is 4.93. The third kappa shape index (κ3) is 2.14. The summed E-state index contributed by atoms with van der Waals surface area (Å²) >= 11 is 0. The molecule has 2 aliphatic rings. The van der Waals surface area contributed by atoms with Gasteiger partial charge in [0.25, 0.3) is 0 Å². The zero-order chi connectivity index (χ0) is 13.4. The largest absolute Gasteiger partial charge is 0.490 e. The van der Waals surface area contributed by atoms with Gasteiger partial charge in [-0.25, -0.2) is 0 Å². The quantitative estimate of drug-likeness (QED) is 0.830. The van der Waals surface area contributed by atoms with Crippen LogP contribution in [0.25, 0.3) is 0 Å². The highest BCUT2D eigenvalue weighted by atomic mass is 16.5. The van der Waals surface area contributed by atoms with Crippen molar-refractivity contribution in [3.8, 4) is 5.75 Å². The van der Waals surface area contributed by atoms with Crippen molar-refractivity contribution in [3.63, 3.8) is 0 Å². The van der Waals surface area contributed by atoms with Gasteiger partial charge in [0, 0.05) is 38.9 Å². The molecule has 19 heavy (non-hydrogen) atoms. The number of likely N-dealkylation sites (N-methyl/N-ethyl adjacent to an activating group) is 1. The molecule has 0 aliphatic carbocycles. The fraction of sp³-hybridized carbons (Fsp3) is 0.600. The Kier molecular flexibility index (Phi) is 3.27. The predicted molar refractivity (Wildman–Crippen MR) is 79.8 cm³/mol. The number of ether oxygens (including phenoxy) is 1. The number of fused-ring (bicyclic) bond motifs is 1. The van der Waals surface area contributed by atoms with E-state index in [-0.39, 0.29) is 0 Å². The lowest BCUT2D eigenvalue weighted by Crippen LogP contribution is -2.44. The summed E-state index contributed by atoms with van der Waals surface area (Å²) in [4.78, 5) is 4.82. The Hall–Kier alpha value is -1.42. The van der Waals surface area contributed by atoms with E-state index in [1.165, 1.54) is 22.5 Å². The molecule has 0 spiro atoms. The Labute approximate surface area is 115 Å². The van der Waals surface area contributed by atoms with Crippen LogP contribution in [-0.2, 0) is 0 Å². The van der Waals surface area contributed by atoms with E-state index >= 15 is 0 Å². The number of anilines is 2. The minimum absolute atomic E-state index is 0.787. The molecule has 1 fully saturated rings. The van der Waals surface area contributed by atoms with Gasteiger partial charge in [-0.2, -0.15) is 0 Å². The molecule has 0 radical (unpaired) electrons. The number of aryl methyl sites for hydroxylation is 1. The lowest BCUT2D eigenvalue weighted by molar-refractivity contribution is 0.310. The summed E-state index contributed by atoms with van der Waals surface area (Å²) in [6, 6.07) is 2.20. The molecule has 2 aliphatic heterocycles. The Morgan fingerprint density at radius 1 is 1.11 bits per heavy atom. The van der Waals surface area contributed by atoms with E-state index in [1.807, 2.05) is 0 Å². The van der Waals surface area contributed by atoms with Crippen molar-refractivity contribution in [2.45, 2.75) is 13.8 Å². The zero-order valence-electron chi connectivity index (χ0n) is 12.1. The number of rotatable bonds is 1. The fourth-order valence-corrected chi connectivity index (χ4v) is 3.29. The van der Waals surface area contributed by atoms with E-state index in [9.17, 15) is 0 Å². The minimum atomic E-state index is 0.787. The monoisotopic (exact) mass is 261 g/mol. The molecule has 1 N–H and O–H groups in total. The molecule has 1 saturated heterocycles. The predicted octanol–water partition coefficient (Wildman–Crippen LogP) is 1.54. The van der Waals surface area contributed by atoms with Crippen LogP contribution in [0.4, 0.5) is 11.4 Å². The van der Waals surface area contributed by atoms with Crippen molar-refractivity contribution in [3.05, 3.63) is 17.2 Å². The van der Waals surface area contributed by atoms with Gasteiger partial charge in [0.1, 0.15) is 12.4 Å². The van der Waals surface area contributed by atoms with Gasteiger partial charge in [-0.3, -0.25) is 0 Å². The first-order valence-corrected chi connectivity index (χ1v) is 7.12. The maximum Gasteiger partial charge on any atom is 0.143 e.